The fourth-order valence-electron chi connectivity index (χ4n) is 2.86. The van der Waals surface area contributed by atoms with E-state index in [1.165, 1.54) is 36.1 Å². The first-order valence-electron chi connectivity index (χ1n) is 7.93. The van der Waals surface area contributed by atoms with Crippen LogP contribution in [0.15, 0.2) is 54.2 Å². The van der Waals surface area contributed by atoms with E-state index in [0.29, 0.717) is 11.3 Å². The monoisotopic (exact) mass is 366 g/mol. The van der Waals surface area contributed by atoms with Gasteiger partial charge in [0.15, 0.2) is 5.76 Å². The van der Waals surface area contributed by atoms with E-state index in [9.17, 15) is 24.5 Å². The number of non-ortho nitro benzene ring substituents is 1. The number of benzene rings is 2. The van der Waals surface area contributed by atoms with Crippen LogP contribution >= 0.6 is 0 Å². The van der Waals surface area contributed by atoms with E-state index < -0.39 is 22.6 Å². The number of ketones is 1. The molecule has 0 atom stereocenters. The number of Topliss-reactive ketones (excluding diaryl/α,β-unsaturated/α-hetero) is 1. The molecule has 1 aliphatic heterocycles. The zero-order valence-electron chi connectivity index (χ0n) is 14.5. The summed E-state index contributed by atoms with van der Waals surface area (Å²) in [4.78, 5) is 48.3. The molecule has 0 saturated carbocycles. The van der Waals surface area contributed by atoms with E-state index in [-0.39, 0.29) is 22.7 Å². The smallest absolute Gasteiger partial charge is 0.308 e. The Labute approximate surface area is 153 Å². The van der Waals surface area contributed by atoms with Gasteiger partial charge in [-0.2, -0.15) is 0 Å². The normalized spacial score (nSPS) is 14.6. The Morgan fingerprint density at radius 3 is 2.22 bits per heavy atom. The number of ether oxygens (including phenoxy) is 1. The van der Waals surface area contributed by atoms with Crippen LogP contribution in [0.25, 0.3) is 5.76 Å². The van der Waals surface area contributed by atoms with Gasteiger partial charge in [0.1, 0.15) is 5.70 Å². The number of nitro benzene ring substituents is 1. The number of rotatable bonds is 3. The molecule has 27 heavy (non-hydrogen) atoms. The number of hydrogen-bond acceptors (Lipinski definition) is 6. The van der Waals surface area contributed by atoms with Crippen LogP contribution in [0.4, 0.5) is 11.4 Å². The molecule has 0 saturated heterocycles. The molecule has 8 heteroatoms. The number of hydrogen-bond donors (Lipinski definition) is 0. The lowest BCUT2D eigenvalue weighted by Gasteiger charge is -2.19. The molecule has 1 aliphatic rings. The molecule has 0 fully saturated rings. The summed E-state index contributed by atoms with van der Waals surface area (Å²) in [6.07, 6.45) is 0. The van der Waals surface area contributed by atoms with Crippen molar-refractivity contribution < 1.29 is 24.0 Å². The van der Waals surface area contributed by atoms with E-state index in [1.54, 1.807) is 24.3 Å². The number of esters is 1. The van der Waals surface area contributed by atoms with Gasteiger partial charge >= 0.3 is 5.97 Å². The van der Waals surface area contributed by atoms with E-state index in [4.69, 9.17) is 4.74 Å². The van der Waals surface area contributed by atoms with Gasteiger partial charge in [-0.25, -0.2) is 0 Å². The second-order valence-electron chi connectivity index (χ2n) is 5.78. The van der Waals surface area contributed by atoms with Crippen molar-refractivity contribution in [2.45, 2.75) is 13.8 Å². The Morgan fingerprint density at radius 2 is 1.67 bits per heavy atom. The minimum atomic E-state index is -0.692. The molecule has 3 rings (SSSR count). The van der Waals surface area contributed by atoms with Crippen LogP contribution in [0.1, 0.15) is 29.8 Å². The largest absolute Gasteiger partial charge is 0.424 e. The number of fused-ring (bicyclic) bond motifs is 1. The van der Waals surface area contributed by atoms with Gasteiger partial charge in [-0.05, 0) is 24.3 Å². The van der Waals surface area contributed by atoms with Gasteiger partial charge < -0.3 is 4.74 Å². The molecular weight excluding hydrogens is 352 g/mol. The second kappa shape index (κ2) is 6.83. The highest BCUT2D eigenvalue weighted by Gasteiger charge is 2.38. The Bertz CT molecular complexity index is 1010. The average molecular weight is 366 g/mol. The highest BCUT2D eigenvalue weighted by Crippen LogP contribution is 2.38. The van der Waals surface area contributed by atoms with E-state index in [0.717, 1.165) is 6.92 Å². The van der Waals surface area contributed by atoms with Crippen molar-refractivity contribution in [3.63, 3.8) is 0 Å². The lowest BCUT2D eigenvalue weighted by molar-refractivity contribution is -0.384. The Kier molecular flexibility index (Phi) is 4.55. The summed E-state index contributed by atoms with van der Waals surface area (Å²) in [6.45, 7) is 2.45. The van der Waals surface area contributed by atoms with Crippen molar-refractivity contribution >= 4 is 34.8 Å². The standard InChI is InChI=1S/C19H14N2O6/c1-11(22)20-16-6-4-3-5-15(16)18(24)17(20)19(27-12(2)23)13-7-9-14(10-8-13)21(25)26/h3-10H,1-2H3/b19-17-. The van der Waals surface area contributed by atoms with Crippen LogP contribution in [-0.2, 0) is 14.3 Å². The van der Waals surface area contributed by atoms with Crippen LogP contribution in [0.3, 0.4) is 0 Å². The van der Waals surface area contributed by atoms with Gasteiger partial charge in [-0.15, -0.1) is 0 Å². The molecule has 0 N–H and O–H groups in total. The van der Waals surface area contributed by atoms with Crippen molar-refractivity contribution in [2.75, 3.05) is 4.90 Å². The third-order valence-corrected chi connectivity index (χ3v) is 3.94. The van der Waals surface area contributed by atoms with E-state index in [1.807, 2.05) is 0 Å². The molecule has 0 aromatic heterocycles. The first kappa shape index (κ1) is 18.0. The topological polar surface area (TPSA) is 107 Å². The summed E-state index contributed by atoms with van der Waals surface area (Å²) in [5.74, 6) is -1.73. The van der Waals surface area contributed by atoms with Gasteiger partial charge in [0.05, 0.1) is 10.6 Å². The molecule has 1 amide bonds. The number of amides is 1. The second-order valence-corrected chi connectivity index (χ2v) is 5.78. The van der Waals surface area contributed by atoms with Gasteiger partial charge in [0.2, 0.25) is 11.7 Å². The fraction of sp³-hybridized carbons (Fsp3) is 0.105. The number of nitro groups is 1. The maximum Gasteiger partial charge on any atom is 0.308 e. The SMILES string of the molecule is CC(=O)O/C(=C1/C(=O)c2ccccc2N1C(C)=O)c1ccc([N+](=O)[O-])cc1. The lowest BCUT2D eigenvalue weighted by Crippen LogP contribution is -2.27. The summed E-state index contributed by atoms with van der Waals surface area (Å²) in [7, 11) is 0. The van der Waals surface area contributed by atoms with Crippen LogP contribution in [0.5, 0.6) is 0 Å². The lowest BCUT2D eigenvalue weighted by atomic mass is 10.1. The highest BCUT2D eigenvalue weighted by molar-refractivity contribution is 6.27. The van der Waals surface area contributed by atoms with Gasteiger partial charge in [-0.3, -0.25) is 29.4 Å². The van der Waals surface area contributed by atoms with Crippen LogP contribution in [0, 0.1) is 10.1 Å². The molecule has 136 valence electrons. The van der Waals surface area contributed by atoms with Crippen molar-refractivity contribution in [2.24, 2.45) is 0 Å². The molecule has 1 heterocycles. The van der Waals surface area contributed by atoms with Gasteiger partial charge in [0.25, 0.3) is 5.69 Å². The molecule has 8 nitrogen and oxygen atoms in total. The molecule has 0 spiro atoms. The number of carbonyl (C=O) groups excluding carboxylic acids is 3. The Balaban J connectivity index is 2.25. The maximum absolute atomic E-state index is 12.9. The van der Waals surface area contributed by atoms with Crippen LogP contribution < -0.4 is 4.90 Å². The zero-order valence-corrected chi connectivity index (χ0v) is 14.5. The van der Waals surface area contributed by atoms with E-state index >= 15 is 0 Å². The van der Waals surface area contributed by atoms with E-state index in [2.05, 4.69) is 0 Å². The van der Waals surface area contributed by atoms with Crippen LogP contribution in [-0.4, -0.2) is 22.6 Å². The van der Waals surface area contributed by atoms with Crippen molar-refractivity contribution in [1.29, 1.82) is 0 Å². The third-order valence-electron chi connectivity index (χ3n) is 3.94. The summed E-state index contributed by atoms with van der Waals surface area (Å²) < 4.78 is 5.26. The van der Waals surface area contributed by atoms with Crippen molar-refractivity contribution in [1.82, 2.24) is 0 Å². The molecule has 0 radical (unpaired) electrons. The Morgan fingerprint density at radius 1 is 1.04 bits per heavy atom. The summed E-state index contributed by atoms with van der Waals surface area (Å²) in [5, 5.41) is 10.9. The minimum Gasteiger partial charge on any atom is -0.424 e. The number of carbonyl (C=O) groups is 3. The highest BCUT2D eigenvalue weighted by atomic mass is 16.6. The molecule has 0 bridgehead atoms. The predicted octanol–water partition coefficient (Wildman–Crippen LogP) is 3.08. The molecular formula is C19H14N2O6. The van der Waals surface area contributed by atoms with Crippen molar-refractivity contribution in [3.05, 3.63) is 75.5 Å². The van der Waals surface area contributed by atoms with Gasteiger partial charge in [0, 0.05) is 37.1 Å². The first-order chi connectivity index (χ1) is 12.8. The summed E-state index contributed by atoms with van der Waals surface area (Å²) in [5.41, 5.74) is 0.687. The average Bonchev–Trinajstić information content (AvgIpc) is 2.93. The molecule has 0 aliphatic carbocycles. The number of nitrogens with zero attached hydrogens (tertiary/aromatic N) is 2. The molecule has 0 unspecified atom stereocenters. The number of allylic oxidation sites excluding steroid dienone is 1. The predicted molar refractivity (Wildman–Crippen MR) is 95.7 cm³/mol. The molecule has 2 aromatic rings. The quantitative estimate of drug-likeness (QED) is 0.272. The zero-order chi connectivity index (χ0) is 19.7. The number of anilines is 1. The summed E-state index contributed by atoms with van der Waals surface area (Å²) >= 11 is 0. The third kappa shape index (κ3) is 3.20. The molecule has 2 aromatic carbocycles. The first-order valence-corrected chi connectivity index (χ1v) is 7.93. The van der Waals surface area contributed by atoms with Crippen LogP contribution in [0.2, 0.25) is 0 Å². The fourth-order valence-corrected chi connectivity index (χ4v) is 2.86. The van der Waals surface area contributed by atoms with Gasteiger partial charge in [-0.1, -0.05) is 12.1 Å². The summed E-state index contributed by atoms with van der Waals surface area (Å²) in [6, 6.07) is 11.7. The van der Waals surface area contributed by atoms with Crippen molar-refractivity contribution in [3.8, 4) is 0 Å². The maximum atomic E-state index is 12.9. The Hall–Kier alpha value is -3.81. The minimum absolute atomic E-state index is 0.104. The number of para-hydroxylation sites is 1.